The Labute approximate surface area is 375 Å². The van der Waals surface area contributed by atoms with Crippen LogP contribution in [0.3, 0.4) is 0 Å². The van der Waals surface area contributed by atoms with Crippen LogP contribution >= 0.6 is 0 Å². The minimum absolute atomic E-state index is 0.0840. The van der Waals surface area contributed by atoms with E-state index >= 15 is 0 Å². The van der Waals surface area contributed by atoms with Crippen molar-refractivity contribution in [2.24, 2.45) is 23.7 Å². The van der Waals surface area contributed by atoms with E-state index in [0.717, 1.165) is 23.2 Å². The molecule has 15 rings (SSSR count). The lowest BCUT2D eigenvalue weighted by atomic mass is 9.43. The molecule has 64 heavy (non-hydrogen) atoms. The van der Waals surface area contributed by atoms with E-state index in [4.69, 9.17) is 0 Å². The number of para-hydroxylation sites is 2. The third kappa shape index (κ3) is 5.14. The first kappa shape index (κ1) is 36.3. The number of fused-ring (bicyclic) bond motifs is 3. The predicted octanol–water partition coefficient (Wildman–Crippen LogP) is 16.9. The highest BCUT2D eigenvalue weighted by atomic mass is 15.2. The molecule has 10 aromatic rings. The molecule has 5 aliphatic rings. The maximum atomic E-state index is 2.62. The van der Waals surface area contributed by atoms with Crippen molar-refractivity contribution in [3.05, 3.63) is 217 Å². The molecule has 0 atom stereocenters. The van der Waals surface area contributed by atoms with Crippen molar-refractivity contribution < 1.29 is 0 Å². The lowest BCUT2D eigenvalue weighted by Crippen LogP contribution is -2.55. The Morgan fingerprint density at radius 1 is 0.344 bits per heavy atom. The zero-order valence-corrected chi connectivity index (χ0v) is 35.9. The smallest absolute Gasteiger partial charge is 0.0543 e. The van der Waals surface area contributed by atoms with E-state index in [0.29, 0.717) is 11.8 Å². The molecule has 10 aromatic carbocycles. The molecule has 1 spiro atoms. The molecule has 0 amide bonds. The van der Waals surface area contributed by atoms with Gasteiger partial charge in [0.25, 0.3) is 0 Å². The first-order chi connectivity index (χ1) is 31.7. The lowest BCUT2D eigenvalue weighted by molar-refractivity contribution is -0.0399. The van der Waals surface area contributed by atoms with Crippen LogP contribution in [0.1, 0.15) is 43.2 Å². The van der Waals surface area contributed by atoms with Gasteiger partial charge >= 0.3 is 0 Å². The topological polar surface area (TPSA) is 6.48 Å². The molecule has 5 aliphatic carbocycles. The normalized spacial score (nSPS) is 21.5. The van der Waals surface area contributed by atoms with Gasteiger partial charge in [0.1, 0.15) is 0 Å². The SMILES string of the molecule is c1ccc(-c2ccc(N(c3cccc4c3-c3ccccc3C43C4CC5CC(C4)CC3C5)c3ccc4ccc5c(N(c6ccccc6)c6ccccc6)ccc6ccc3c4c65)cc2)cc1. The van der Waals surface area contributed by atoms with Crippen molar-refractivity contribution in [1.29, 1.82) is 0 Å². The van der Waals surface area contributed by atoms with E-state index in [2.05, 4.69) is 216 Å². The number of hydrogen-bond acceptors (Lipinski definition) is 2. The van der Waals surface area contributed by atoms with Crippen LogP contribution in [-0.2, 0) is 5.41 Å². The van der Waals surface area contributed by atoms with Gasteiger partial charge in [-0.15, -0.1) is 0 Å². The summed E-state index contributed by atoms with van der Waals surface area (Å²) in [5, 5.41) is 7.65. The Morgan fingerprint density at radius 2 is 0.828 bits per heavy atom. The molecule has 0 aromatic heterocycles. The maximum Gasteiger partial charge on any atom is 0.0543 e. The summed E-state index contributed by atoms with van der Waals surface area (Å²) >= 11 is 0. The summed E-state index contributed by atoms with van der Waals surface area (Å²) in [6.45, 7) is 0. The highest BCUT2D eigenvalue weighted by Gasteiger charge is 2.61. The van der Waals surface area contributed by atoms with Crippen molar-refractivity contribution in [3.8, 4) is 22.3 Å². The summed E-state index contributed by atoms with van der Waals surface area (Å²) in [6.07, 6.45) is 6.95. The van der Waals surface area contributed by atoms with Crippen LogP contribution in [0, 0.1) is 23.7 Å². The molecular weight excluding hydrogens is 773 g/mol. The van der Waals surface area contributed by atoms with Gasteiger partial charge in [-0.25, -0.2) is 0 Å². The lowest BCUT2D eigenvalue weighted by Gasteiger charge is -2.61. The molecule has 2 nitrogen and oxygen atoms in total. The average molecular weight is 821 g/mol. The largest absolute Gasteiger partial charge is 0.310 e. The fourth-order valence-electron chi connectivity index (χ4n) is 14.0. The van der Waals surface area contributed by atoms with Crippen LogP contribution in [0.5, 0.6) is 0 Å². The second-order valence-electron chi connectivity index (χ2n) is 19.3. The van der Waals surface area contributed by atoms with Gasteiger partial charge in [-0.2, -0.15) is 0 Å². The Balaban J connectivity index is 1.02. The van der Waals surface area contributed by atoms with Crippen molar-refractivity contribution in [2.45, 2.75) is 37.5 Å². The zero-order valence-electron chi connectivity index (χ0n) is 35.9. The summed E-state index contributed by atoms with van der Waals surface area (Å²) in [5.74, 6) is 3.21. The molecule has 0 N–H and O–H groups in total. The molecule has 0 heterocycles. The first-order valence-corrected chi connectivity index (χ1v) is 23.5. The molecule has 2 heteroatoms. The van der Waals surface area contributed by atoms with Crippen LogP contribution in [0.25, 0.3) is 54.6 Å². The van der Waals surface area contributed by atoms with E-state index < -0.39 is 0 Å². The molecule has 0 saturated heterocycles. The van der Waals surface area contributed by atoms with E-state index in [1.54, 1.807) is 11.1 Å². The third-order valence-electron chi connectivity index (χ3n) is 16.2. The second kappa shape index (κ2) is 13.9. The predicted molar refractivity (Wildman–Crippen MR) is 268 cm³/mol. The number of benzene rings is 10. The van der Waals surface area contributed by atoms with Crippen LogP contribution in [-0.4, -0.2) is 0 Å². The molecule has 0 unspecified atom stereocenters. The summed E-state index contributed by atoms with van der Waals surface area (Å²) in [4.78, 5) is 5.03. The molecular formula is C62H48N2. The number of nitrogens with zero attached hydrogens (tertiary/aromatic N) is 2. The van der Waals surface area contributed by atoms with Crippen LogP contribution < -0.4 is 9.80 Å². The van der Waals surface area contributed by atoms with Gasteiger partial charge in [0.05, 0.1) is 17.1 Å². The van der Waals surface area contributed by atoms with Crippen molar-refractivity contribution in [1.82, 2.24) is 0 Å². The summed E-state index contributed by atoms with van der Waals surface area (Å²) < 4.78 is 0. The van der Waals surface area contributed by atoms with Gasteiger partial charge in [0, 0.05) is 38.8 Å². The Morgan fingerprint density at radius 3 is 1.44 bits per heavy atom. The monoisotopic (exact) mass is 820 g/mol. The first-order valence-electron chi connectivity index (χ1n) is 23.5. The van der Waals surface area contributed by atoms with Gasteiger partial charge in [0.2, 0.25) is 0 Å². The van der Waals surface area contributed by atoms with Gasteiger partial charge in [-0.1, -0.05) is 152 Å². The van der Waals surface area contributed by atoms with Crippen LogP contribution in [0.4, 0.5) is 34.1 Å². The minimum atomic E-state index is 0.0840. The molecule has 4 saturated carbocycles. The second-order valence-corrected chi connectivity index (χ2v) is 19.3. The molecule has 306 valence electrons. The number of rotatable bonds is 7. The fraction of sp³-hybridized carbons (Fsp3) is 0.161. The Bertz CT molecular complexity index is 3320. The molecule has 4 fully saturated rings. The van der Waals surface area contributed by atoms with E-state index in [9.17, 15) is 0 Å². The van der Waals surface area contributed by atoms with E-state index in [-0.39, 0.29) is 5.41 Å². The highest BCUT2D eigenvalue weighted by Crippen LogP contribution is 2.70. The van der Waals surface area contributed by atoms with Gasteiger partial charge in [0.15, 0.2) is 0 Å². The quantitative estimate of drug-likeness (QED) is 0.148. The van der Waals surface area contributed by atoms with Crippen LogP contribution in [0.15, 0.2) is 206 Å². The molecule has 4 bridgehead atoms. The minimum Gasteiger partial charge on any atom is -0.310 e. The third-order valence-corrected chi connectivity index (χ3v) is 16.2. The van der Waals surface area contributed by atoms with E-state index in [1.165, 1.54) is 109 Å². The fourth-order valence-corrected chi connectivity index (χ4v) is 14.0. The zero-order chi connectivity index (χ0) is 41.9. The number of anilines is 6. The molecule has 0 radical (unpaired) electrons. The average Bonchev–Trinajstić information content (AvgIpc) is 3.65. The number of hydrogen-bond donors (Lipinski definition) is 0. The molecule has 0 aliphatic heterocycles. The van der Waals surface area contributed by atoms with Crippen molar-refractivity contribution in [2.75, 3.05) is 9.80 Å². The summed E-state index contributed by atoms with van der Waals surface area (Å²) in [6, 6.07) is 77.5. The Kier molecular flexibility index (Phi) is 7.90. The van der Waals surface area contributed by atoms with Crippen LogP contribution in [0.2, 0.25) is 0 Å². The van der Waals surface area contributed by atoms with Crippen molar-refractivity contribution >= 4 is 66.4 Å². The van der Waals surface area contributed by atoms with Gasteiger partial charge in [-0.05, 0) is 160 Å². The highest BCUT2D eigenvalue weighted by molar-refractivity contribution is 6.28. The van der Waals surface area contributed by atoms with E-state index in [1.807, 2.05) is 0 Å². The Hall–Kier alpha value is -7.16. The summed E-state index contributed by atoms with van der Waals surface area (Å²) in [5.41, 5.74) is 15.7. The summed E-state index contributed by atoms with van der Waals surface area (Å²) in [7, 11) is 0. The maximum absolute atomic E-state index is 2.62. The van der Waals surface area contributed by atoms with Gasteiger partial charge < -0.3 is 9.80 Å². The standard InChI is InChI=1S/C62H48N2/c1-4-13-42(14-5-1)43-23-29-50(30-24-43)64(58-22-12-21-55-61(58)51-19-10-11-20-54(51)62(55)46-36-40-35-41(38-46)39-47(62)37-40)57-34-28-45-25-31-52-56(33-27-44-26-32-53(57)60(45)59(44)52)63(48-15-6-2-7-16-48)49-17-8-3-9-18-49/h1-34,40-41,46-47H,35-39H2. The van der Waals surface area contributed by atoms with Gasteiger partial charge in [-0.3, -0.25) is 0 Å². The van der Waals surface area contributed by atoms with Crippen molar-refractivity contribution in [3.63, 3.8) is 0 Å².